The van der Waals surface area contributed by atoms with Crippen molar-refractivity contribution in [3.8, 4) is 0 Å². The van der Waals surface area contributed by atoms with Gasteiger partial charge in [-0.25, -0.2) is 0 Å². The first-order chi connectivity index (χ1) is 9.77. The van der Waals surface area contributed by atoms with E-state index in [2.05, 4.69) is 12.1 Å². The number of pyridine rings is 1. The Bertz CT molecular complexity index is 554. The number of fused-ring (bicyclic) bond motifs is 6. The maximum absolute atomic E-state index is 7.08. The summed E-state index contributed by atoms with van der Waals surface area (Å²) in [5.74, 6) is 4.24. The Morgan fingerprint density at radius 2 is 2.10 bits per heavy atom. The van der Waals surface area contributed by atoms with Gasteiger partial charge in [-0.1, -0.05) is 12.5 Å². The highest BCUT2D eigenvalue weighted by Crippen LogP contribution is 2.65. The lowest BCUT2D eigenvalue weighted by molar-refractivity contribution is 0.130. The zero-order valence-corrected chi connectivity index (χ0v) is 12.1. The maximum Gasteiger partial charge on any atom is 0.0484 e. The smallest absolute Gasteiger partial charge is 0.0484 e. The fourth-order valence-corrected chi connectivity index (χ4v) is 6.57. The van der Waals surface area contributed by atoms with Gasteiger partial charge in [0.05, 0.1) is 0 Å². The summed E-state index contributed by atoms with van der Waals surface area (Å²) in [6.07, 6.45) is 11.5. The summed E-state index contributed by atoms with van der Waals surface area (Å²) in [6, 6.07) is 4.34. The van der Waals surface area contributed by atoms with Gasteiger partial charge in [0.1, 0.15) is 0 Å². The average molecular weight is 268 g/mol. The van der Waals surface area contributed by atoms with Crippen LogP contribution in [0.1, 0.15) is 55.7 Å². The van der Waals surface area contributed by atoms with Crippen LogP contribution in [0.15, 0.2) is 18.3 Å². The molecule has 2 N–H and O–H groups in total. The minimum absolute atomic E-state index is 0.0653. The van der Waals surface area contributed by atoms with Crippen LogP contribution in [0.5, 0.6) is 0 Å². The molecule has 0 aliphatic heterocycles. The molecular formula is C18H24N2. The lowest BCUT2D eigenvalue weighted by Crippen LogP contribution is -2.53. The van der Waals surface area contributed by atoms with E-state index in [1.54, 1.807) is 0 Å². The lowest BCUT2D eigenvalue weighted by atomic mass is 9.65. The minimum atomic E-state index is 0.0653. The summed E-state index contributed by atoms with van der Waals surface area (Å²) in [5, 5.41) is 0. The highest BCUT2D eigenvalue weighted by molar-refractivity contribution is 5.34. The van der Waals surface area contributed by atoms with Crippen molar-refractivity contribution in [2.75, 3.05) is 0 Å². The summed E-state index contributed by atoms with van der Waals surface area (Å²) in [5.41, 5.74) is 9.96. The maximum atomic E-state index is 7.08. The van der Waals surface area contributed by atoms with Crippen molar-refractivity contribution in [3.63, 3.8) is 0 Å². The molecule has 4 aliphatic rings. The summed E-state index contributed by atoms with van der Waals surface area (Å²) >= 11 is 0. The third-order valence-corrected chi connectivity index (χ3v) is 7.22. The highest BCUT2D eigenvalue weighted by atomic mass is 14.9. The molecular weight excluding hydrogens is 244 g/mol. The van der Waals surface area contributed by atoms with Crippen LogP contribution < -0.4 is 5.73 Å². The Hall–Kier alpha value is -0.890. The molecule has 1 heterocycles. The second-order valence-electron chi connectivity index (χ2n) is 7.82. The standard InChI is InChI=1S/C18H24N2/c19-18(15-7-6-11-3-2-8-20-17(11)15)10-12-9-16(18)14-5-1-4-13(12)14/h2-3,8,12-16H,1,4-7,9-10,19H2. The van der Waals surface area contributed by atoms with E-state index in [0.29, 0.717) is 5.92 Å². The molecule has 4 aliphatic carbocycles. The van der Waals surface area contributed by atoms with Crippen molar-refractivity contribution < 1.29 is 0 Å². The van der Waals surface area contributed by atoms with Gasteiger partial charge in [0, 0.05) is 23.3 Å². The zero-order chi connectivity index (χ0) is 13.3. The predicted molar refractivity (Wildman–Crippen MR) is 79.3 cm³/mol. The first kappa shape index (κ1) is 11.7. The molecule has 6 unspecified atom stereocenters. The zero-order valence-electron chi connectivity index (χ0n) is 12.1. The minimum Gasteiger partial charge on any atom is -0.324 e. The van der Waals surface area contributed by atoms with E-state index in [1.165, 1.54) is 56.2 Å². The summed E-state index contributed by atoms with van der Waals surface area (Å²) in [4.78, 5) is 4.72. The Morgan fingerprint density at radius 3 is 3.05 bits per heavy atom. The van der Waals surface area contributed by atoms with E-state index in [9.17, 15) is 0 Å². The molecule has 1 aromatic rings. The van der Waals surface area contributed by atoms with Gasteiger partial charge in [-0.2, -0.15) is 0 Å². The van der Waals surface area contributed by atoms with Crippen molar-refractivity contribution in [1.82, 2.24) is 4.98 Å². The first-order valence-electron chi connectivity index (χ1n) is 8.50. The normalized spacial score (nSPS) is 48.5. The SMILES string of the molecule is NC1(C2CCc3cccnc32)CC2CC1C1CCCC21. The Kier molecular flexibility index (Phi) is 2.26. The highest BCUT2D eigenvalue weighted by Gasteiger charge is 2.62. The van der Waals surface area contributed by atoms with Gasteiger partial charge in [-0.3, -0.25) is 4.98 Å². The monoisotopic (exact) mass is 268 g/mol. The molecule has 1 aromatic heterocycles. The van der Waals surface area contributed by atoms with E-state index in [4.69, 9.17) is 10.7 Å². The third kappa shape index (κ3) is 1.32. The first-order valence-corrected chi connectivity index (χ1v) is 8.50. The molecule has 2 nitrogen and oxygen atoms in total. The van der Waals surface area contributed by atoms with Crippen LogP contribution in [0.25, 0.3) is 0 Å². The summed E-state index contributed by atoms with van der Waals surface area (Å²) < 4.78 is 0. The molecule has 0 spiro atoms. The van der Waals surface area contributed by atoms with Crippen LogP contribution in [0.3, 0.4) is 0 Å². The molecule has 3 fully saturated rings. The number of hydrogen-bond acceptors (Lipinski definition) is 2. The van der Waals surface area contributed by atoms with Gasteiger partial charge in [0.2, 0.25) is 0 Å². The topological polar surface area (TPSA) is 38.9 Å². The Morgan fingerprint density at radius 1 is 1.20 bits per heavy atom. The van der Waals surface area contributed by atoms with Crippen molar-refractivity contribution in [2.24, 2.45) is 29.4 Å². The molecule has 20 heavy (non-hydrogen) atoms. The predicted octanol–water partition coefficient (Wildman–Crippen LogP) is 3.27. The molecule has 106 valence electrons. The average Bonchev–Trinajstić information content (AvgIpc) is 3.18. The lowest BCUT2D eigenvalue weighted by Gasteiger charge is -2.44. The van der Waals surface area contributed by atoms with Gasteiger partial charge >= 0.3 is 0 Å². The fraction of sp³-hybridized carbons (Fsp3) is 0.722. The summed E-state index contributed by atoms with van der Waals surface area (Å²) in [6.45, 7) is 0. The molecule has 6 atom stereocenters. The molecule has 2 bridgehead atoms. The Balaban J connectivity index is 1.53. The number of hydrogen-bond donors (Lipinski definition) is 1. The van der Waals surface area contributed by atoms with Crippen LogP contribution in [-0.2, 0) is 6.42 Å². The quantitative estimate of drug-likeness (QED) is 0.849. The second-order valence-corrected chi connectivity index (χ2v) is 7.82. The van der Waals surface area contributed by atoms with Crippen LogP contribution >= 0.6 is 0 Å². The molecule has 0 radical (unpaired) electrons. The van der Waals surface area contributed by atoms with Crippen LogP contribution in [0.4, 0.5) is 0 Å². The molecule has 0 amide bonds. The van der Waals surface area contributed by atoms with E-state index < -0.39 is 0 Å². The van der Waals surface area contributed by atoms with Gasteiger partial charge in [-0.05, 0) is 73.8 Å². The summed E-state index contributed by atoms with van der Waals surface area (Å²) in [7, 11) is 0. The van der Waals surface area contributed by atoms with Gasteiger partial charge in [0.15, 0.2) is 0 Å². The number of aromatic nitrogens is 1. The third-order valence-electron chi connectivity index (χ3n) is 7.22. The largest absolute Gasteiger partial charge is 0.324 e. The van der Waals surface area contributed by atoms with Gasteiger partial charge < -0.3 is 5.73 Å². The van der Waals surface area contributed by atoms with Crippen LogP contribution in [0.2, 0.25) is 0 Å². The van der Waals surface area contributed by atoms with Gasteiger partial charge in [-0.15, -0.1) is 0 Å². The van der Waals surface area contributed by atoms with Crippen molar-refractivity contribution >= 4 is 0 Å². The van der Waals surface area contributed by atoms with Gasteiger partial charge in [0.25, 0.3) is 0 Å². The number of nitrogens with two attached hydrogens (primary N) is 1. The number of rotatable bonds is 1. The van der Waals surface area contributed by atoms with E-state index in [1.807, 2.05) is 6.20 Å². The molecule has 0 aromatic carbocycles. The molecule has 5 rings (SSSR count). The van der Waals surface area contributed by atoms with Crippen molar-refractivity contribution in [2.45, 2.75) is 56.4 Å². The van der Waals surface area contributed by atoms with E-state index in [0.717, 1.165) is 23.7 Å². The molecule has 2 heteroatoms. The van der Waals surface area contributed by atoms with E-state index >= 15 is 0 Å². The Labute approximate surface area is 121 Å². The molecule has 0 saturated heterocycles. The van der Waals surface area contributed by atoms with Crippen LogP contribution in [0, 0.1) is 23.7 Å². The van der Waals surface area contributed by atoms with Crippen LogP contribution in [-0.4, -0.2) is 10.5 Å². The fourth-order valence-electron chi connectivity index (χ4n) is 6.57. The second kappa shape index (κ2) is 3.85. The van der Waals surface area contributed by atoms with Crippen molar-refractivity contribution in [3.05, 3.63) is 29.6 Å². The molecule has 3 saturated carbocycles. The van der Waals surface area contributed by atoms with Crippen molar-refractivity contribution in [1.29, 1.82) is 0 Å². The number of nitrogens with zero attached hydrogens (tertiary/aromatic N) is 1. The number of aryl methyl sites for hydroxylation is 1. The van der Waals surface area contributed by atoms with E-state index in [-0.39, 0.29) is 5.54 Å².